The van der Waals surface area contributed by atoms with Gasteiger partial charge in [-0.05, 0) is 31.2 Å². The molecular weight excluding hydrogens is 240 g/mol. The number of hydrogen-bond acceptors (Lipinski definition) is 2. The minimum Gasteiger partial charge on any atom is -0.494 e. The van der Waals surface area contributed by atoms with Gasteiger partial charge in [-0.15, -0.1) is 0 Å². The minimum absolute atomic E-state index is 0.297. The molecule has 1 aliphatic heterocycles. The Morgan fingerprint density at radius 3 is 2.84 bits per heavy atom. The van der Waals surface area contributed by atoms with Gasteiger partial charge in [0.05, 0.1) is 6.61 Å². The van der Waals surface area contributed by atoms with E-state index < -0.39 is 0 Å². The van der Waals surface area contributed by atoms with E-state index in [4.69, 9.17) is 9.84 Å². The third-order valence-electron chi connectivity index (χ3n) is 3.84. The zero-order valence-electron chi connectivity index (χ0n) is 11.8. The summed E-state index contributed by atoms with van der Waals surface area (Å²) >= 11 is 0. The summed E-state index contributed by atoms with van der Waals surface area (Å²) in [5.41, 5.74) is 1.35. The molecule has 1 fully saturated rings. The summed E-state index contributed by atoms with van der Waals surface area (Å²) in [6, 6.07) is 8.99. The van der Waals surface area contributed by atoms with E-state index in [1.807, 2.05) is 6.92 Å². The number of aliphatic hydroxyl groups excluding tert-OH is 1. The van der Waals surface area contributed by atoms with Crippen LogP contribution in [0.25, 0.3) is 0 Å². The Hall–Kier alpha value is -1.10. The number of nitrogens with two attached hydrogens (primary N) is 1. The van der Waals surface area contributed by atoms with Gasteiger partial charge in [0, 0.05) is 18.6 Å². The lowest BCUT2D eigenvalue weighted by molar-refractivity contribution is -0.982. The van der Waals surface area contributed by atoms with E-state index >= 15 is 0 Å². The van der Waals surface area contributed by atoms with Crippen molar-refractivity contribution in [2.24, 2.45) is 0 Å². The normalized spacial score (nSPS) is 23.3. The molecule has 0 radical (unpaired) electrons. The first-order chi connectivity index (χ1) is 9.33. The Bertz CT molecular complexity index is 365. The molecule has 4 N–H and O–H groups in total. The second kappa shape index (κ2) is 7.48. The predicted molar refractivity (Wildman–Crippen MR) is 74.3 cm³/mol. The van der Waals surface area contributed by atoms with Crippen molar-refractivity contribution < 1.29 is 20.1 Å². The number of hydrogen-bond donors (Lipinski definition) is 3. The fourth-order valence-corrected chi connectivity index (χ4v) is 2.82. The maximum absolute atomic E-state index is 9.15. The Labute approximate surface area is 115 Å². The molecule has 19 heavy (non-hydrogen) atoms. The zero-order chi connectivity index (χ0) is 13.5. The van der Waals surface area contributed by atoms with Gasteiger partial charge in [0.25, 0.3) is 0 Å². The smallest absolute Gasteiger partial charge is 0.140 e. The number of aliphatic hydroxyl groups is 1. The van der Waals surface area contributed by atoms with Crippen molar-refractivity contribution >= 4 is 0 Å². The van der Waals surface area contributed by atoms with Crippen LogP contribution in [0, 0.1) is 0 Å². The highest BCUT2D eigenvalue weighted by Crippen LogP contribution is 2.11. The van der Waals surface area contributed by atoms with Gasteiger partial charge in [-0.25, -0.2) is 0 Å². The van der Waals surface area contributed by atoms with Crippen LogP contribution >= 0.6 is 0 Å². The highest BCUT2D eigenvalue weighted by molar-refractivity contribution is 5.26. The summed E-state index contributed by atoms with van der Waals surface area (Å²) < 4.78 is 5.47. The second-order valence-corrected chi connectivity index (χ2v) is 5.18. The molecule has 1 saturated heterocycles. The van der Waals surface area contributed by atoms with Crippen molar-refractivity contribution in [2.45, 2.75) is 25.9 Å². The minimum atomic E-state index is 0.297. The second-order valence-electron chi connectivity index (χ2n) is 5.18. The van der Waals surface area contributed by atoms with E-state index in [9.17, 15) is 0 Å². The summed E-state index contributed by atoms with van der Waals surface area (Å²) in [4.78, 5) is 1.60. The maximum Gasteiger partial charge on any atom is 0.140 e. The van der Waals surface area contributed by atoms with Crippen LogP contribution in [0.5, 0.6) is 5.75 Å². The van der Waals surface area contributed by atoms with Crippen LogP contribution in [-0.2, 0) is 6.54 Å². The van der Waals surface area contributed by atoms with Crippen LogP contribution in [-0.4, -0.2) is 44.0 Å². The number of nitrogens with one attached hydrogen (secondary N) is 1. The van der Waals surface area contributed by atoms with Gasteiger partial charge in [0.1, 0.15) is 38.0 Å². The van der Waals surface area contributed by atoms with Gasteiger partial charge in [-0.2, -0.15) is 0 Å². The lowest BCUT2D eigenvalue weighted by Crippen LogP contribution is -3.23. The van der Waals surface area contributed by atoms with E-state index in [2.05, 4.69) is 29.6 Å². The molecule has 0 spiro atoms. The van der Waals surface area contributed by atoms with E-state index in [0.717, 1.165) is 25.3 Å². The molecule has 2 atom stereocenters. The average molecular weight is 266 g/mol. The van der Waals surface area contributed by atoms with E-state index in [0.29, 0.717) is 19.3 Å². The molecule has 4 heteroatoms. The third kappa shape index (κ3) is 4.20. The van der Waals surface area contributed by atoms with E-state index in [1.165, 1.54) is 18.7 Å². The number of quaternary nitrogens is 2. The molecule has 1 aliphatic rings. The molecule has 4 nitrogen and oxygen atoms in total. The van der Waals surface area contributed by atoms with Crippen molar-refractivity contribution in [1.82, 2.24) is 0 Å². The standard InChI is InChI=1S/C15H24N2O2/c1-2-19-15-5-3-13(4-6-15)12-17-9-8-16-11-14(17)7-10-18/h3-6,14,16,18H,2,7-12H2,1H3/p+2/t14-/m1/s1. The van der Waals surface area contributed by atoms with Crippen molar-refractivity contribution in [3.63, 3.8) is 0 Å². The quantitative estimate of drug-likeness (QED) is 0.606. The highest BCUT2D eigenvalue weighted by Gasteiger charge is 2.27. The third-order valence-corrected chi connectivity index (χ3v) is 3.84. The molecular formula is C15H26N2O2+2. The van der Waals surface area contributed by atoms with Crippen LogP contribution in [0.1, 0.15) is 18.9 Å². The molecule has 106 valence electrons. The summed E-state index contributed by atoms with van der Waals surface area (Å²) in [7, 11) is 0. The lowest BCUT2D eigenvalue weighted by Gasteiger charge is -2.30. The summed E-state index contributed by atoms with van der Waals surface area (Å²) in [6.07, 6.45) is 0.906. The fraction of sp³-hybridized carbons (Fsp3) is 0.600. The summed E-state index contributed by atoms with van der Waals surface area (Å²) in [6.45, 7) is 7.56. The van der Waals surface area contributed by atoms with Gasteiger partial charge in [0.2, 0.25) is 0 Å². The molecule has 0 aliphatic carbocycles. The van der Waals surface area contributed by atoms with Crippen LogP contribution in [0.2, 0.25) is 0 Å². The largest absolute Gasteiger partial charge is 0.494 e. The first-order valence-corrected chi connectivity index (χ1v) is 7.32. The lowest BCUT2D eigenvalue weighted by atomic mass is 10.1. The molecule has 0 bridgehead atoms. The Balaban J connectivity index is 1.94. The van der Waals surface area contributed by atoms with Crippen LogP contribution in [0.15, 0.2) is 24.3 Å². The number of piperazine rings is 1. The monoisotopic (exact) mass is 266 g/mol. The van der Waals surface area contributed by atoms with Crippen molar-refractivity contribution in [3.8, 4) is 5.75 Å². The molecule has 1 aromatic carbocycles. The Morgan fingerprint density at radius 2 is 2.16 bits per heavy atom. The fourth-order valence-electron chi connectivity index (χ4n) is 2.82. The average Bonchev–Trinajstić information content (AvgIpc) is 2.44. The SMILES string of the molecule is CCOc1ccc(C[NH+]2CC[NH2+]C[C@H]2CCO)cc1. The molecule has 0 aromatic heterocycles. The molecule has 1 unspecified atom stereocenters. The van der Waals surface area contributed by atoms with Gasteiger partial charge in [0.15, 0.2) is 0 Å². The maximum atomic E-state index is 9.15. The van der Waals surface area contributed by atoms with Gasteiger partial charge >= 0.3 is 0 Å². The van der Waals surface area contributed by atoms with Gasteiger partial charge in [-0.3, -0.25) is 0 Å². The number of rotatable bonds is 6. The van der Waals surface area contributed by atoms with E-state index in [-0.39, 0.29) is 0 Å². The first-order valence-electron chi connectivity index (χ1n) is 7.32. The molecule has 1 heterocycles. The van der Waals surface area contributed by atoms with Gasteiger partial charge < -0.3 is 20.1 Å². The molecule has 0 amide bonds. The molecule has 0 saturated carbocycles. The predicted octanol–water partition coefficient (Wildman–Crippen LogP) is -1.20. The first kappa shape index (κ1) is 14.3. The van der Waals surface area contributed by atoms with Crippen molar-refractivity contribution in [2.75, 3.05) is 32.8 Å². The van der Waals surface area contributed by atoms with Gasteiger partial charge in [-0.1, -0.05) is 0 Å². The zero-order valence-corrected chi connectivity index (χ0v) is 11.8. The Kier molecular flexibility index (Phi) is 5.63. The highest BCUT2D eigenvalue weighted by atomic mass is 16.5. The van der Waals surface area contributed by atoms with Crippen LogP contribution in [0.3, 0.4) is 0 Å². The van der Waals surface area contributed by atoms with Crippen molar-refractivity contribution in [3.05, 3.63) is 29.8 Å². The summed E-state index contributed by atoms with van der Waals surface area (Å²) in [5, 5.41) is 11.5. The molecule has 1 aromatic rings. The number of benzene rings is 1. The summed E-state index contributed by atoms with van der Waals surface area (Å²) in [5.74, 6) is 0.945. The topological polar surface area (TPSA) is 50.5 Å². The molecule has 2 rings (SSSR count). The Morgan fingerprint density at radius 1 is 1.37 bits per heavy atom. The van der Waals surface area contributed by atoms with Crippen LogP contribution in [0.4, 0.5) is 0 Å². The van der Waals surface area contributed by atoms with Crippen molar-refractivity contribution in [1.29, 1.82) is 0 Å². The van der Waals surface area contributed by atoms with E-state index in [1.54, 1.807) is 4.90 Å². The van der Waals surface area contributed by atoms with Crippen LogP contribution < -0.4 is 15.0 Å². The number of ether oxygens (including phenoxy) is 1.